The van der Waals surface area contributed by atoms with Crippen molar-refractivity contribution >= 4 is 11.6 Å². The number of hydrogen-bond donors (Lipinski definition) is 2. The highest BCUT2D eigenvalue weighted by atomic mass is 19.4. The van der Waals surface area contributed by atoms with E-state index in [4.69, 9.17) is 5.73 Å². The molecule has 12 heteroatoms. The van der Waals surface area contributed by atoms with Crippen LogP contribution in [0.15, 0.2) is 12.3 Å². The lowest BCUT2D eigenvalue weighted by atomic mass is 9.97. The van der Waals surface area contributed by atoms with Crippen molar-refractivity contribution in [2.45, 2.75) is 89.4 Å². The van der Waals surface area contributed by atoms with Crippen LogP contribution in [-0.4, -0.2) is 32.6 Å². The number of alkyl halides is 5. The quantitative estimate of drug-likeness (QED) is 0.586. The van der Waals surface area contributed by atoms with E-state index in [-0.39, 0.29) is 37.3 Å². The zero-order valence-corrected chi connectivity index (χ0v) is 18.2. The molecular weight excluding hydrogens is 452 g/mol. The molecule has 2 aromatic heterocycles. The monoisotopic (exact) mass is 481 g/mol. The van der Waals surface area contributed by atoms with E-state index in [2.05, 4.69) is 15.4 Å². The van der Waals surface area contributed by atoms with Gasteiger partial charge >= 0.3 is 6.18 Å². The maximum absolute atomic E-state index is 13.7. The van der Waals surface area contributed by atoms with Crippen LogP contribution in [0.25, 0.3) is 5.65 Å². The third-order valence-electron chi connectivity index (χ3n) is 4.80. The second-order valence-electron chi connectivity index (χ2n) is 8.06. The van der Waals surface area contributed by atoms with Crippen LogP contribution in [0.2, 0.25) is 0 Å². The maximum atomic E-state index is 13.7. The highest BCUT2D eigenvalue weighted by Gasteiger charge is 2.30. The fraction of sp³-hybridized carbons (Fsp3) is 0.667. The minimum atomic E-state index is -4.37. The van der Waals surface area contributed by atoms with Crippen molar-refractivity contribution in [3.63, 3.8) is 0 Å². The largest absolute Gasteiger partial charge is 0.389 e. The lowest BCUT2D eigenvalue weighted by Gasteiger charge is -2.20. The summed E-state index contributed by atoms with van der Waals surface area (Å²) in [7, 11) is 0. The lowest BCUT2D eigenvalue weighted by Crippen LogP contribution is -2.24. The van der Waals surface area contributed by atoms with E-state index in [1.165, 1.54) is 31.5 Å². The van der Waals surface area contributed by atoms with Crippen molar-refractivity contribution in [2.75, 3.05) is 0 Å². The Kier molecular flexibility index (Phi) is 9.93. The van der Waals surface area contributed by atoms with E-state index in [0.717, 1.165) is 10.9 Å². The van der Waals surface area contributed by atoms with Gasteiger partial charge in [0.15, 0.2) is 5.65 Å². The Bertz CT molecular complexity index is 886. The predicted molar refractivity (Wildman–Crippen MR) is 110 cm³/mol. The molecule has 6 nitrogen and oxygen atoms in total. The fourth-order valence-corrected chi connectivity index (χ4v) is 2.83. The van der Waals surface area contributed by atoms with Crippen LogP contribution in [0.1, 0.15) is 75.5 Å². The number of rotatable bonds is 5. The molecule has 3 N–H and O–H groups in total. The zero-order chi connectivity index (χ0) is 24.5. The molecule has 0 aromatic carbocycles. The summed E-state index contributed by atoms with van der Waals surface area (Å²) in [4.78, 5) is 15.2. The van der Waals surface area contributed by atoms with Crippen molar-refractivity contribution in [3.05, 3.63) is 29.5 Å². The van der Waals surface area contributed by atoms with E-state index < -0.39 is 36.8 Å². The molecule has 2 aliphatic carbocycles. The minimum absolute atomic E-state index is 0.0212. The topological polar surface area (TPSA) is 85.3 Å². The number of hydrogen-bond acceptors (Lipinski definition) is 4. The van der Waals surface area contributed by atoms with Gasteiger partial charge in [-0.05, 0) is 24.5 Å². The smallest absolute Gasteiger partial charge is 0.352 e. The Morgan fingerprint density at radius 2 is 1.73 bits per heavy atom. The predicted octanol–water partition coefficient (Wildman–Crippen LogP) is 5.04. The molecule has 2 heterocycles. The Morgan fingerprint density at radius 3 is 2.21 bits per heavy atom. The van der Waals surface area contributed by atoms with E-state index in [1.807, 2.05) is 0 Å². The second-order valence-corrected chi connectivity index (χ2v) is 8.06. The number of aromatic nitrogens is 3. The Morgan fingerprint density at radius 1 is 1.12 bits per heavy atom. The second kappa shape index (κ2) is 12.2. The minimum Gasteiger partial charge on any atom is -0.352 e. The molecule has 2 fully saturated rings. The van der Waals surface area contributed by atoms with Gasteiger partial charge in [0.25, 0.3) is 0 Å². The van der Waals surface area contributed by atoms with Crippen LogP contribution in [0.5, 0.6) is 0 Å². The third-order valence-corrected chi connectivity index (χ3v) is 4.80. The molecule has 186 valence electrons. The third kappa shape index (κ3) is 10.4. The van der Waals surface area contributed by atoms with Crippen LogP contribution in [0.4, 0.5) is 26.3 Å². The number of nitrogens with zero attached hydrogens (tertiary/aromatic N) is 3. The molecule has 0 aliphatic heterocycles. The average molecular weight is 481 g/mol. The summed E-state index contributed by atoms with van der Waals surface area (Å²) < 4.78 is 75.0. The van der Waals surface area contributed by atoms with E-state index in [1.54, 1.807) is 0 Å². The molecule has 4 rings (SSSR count). The Balaban J connectivity index is 0.000000285. The van der Waals surface area contributed by atoms with Gasteiger partial charge in [0.2, 0.25) is 17.8 Å². The van der Waals surface area contributed by atoms with Gasteiger partial charge in [0.05, 0.1) is 12.6 Å². The van der Waals surface area contributed by atoms with E-state index in [9.17, 15) is 31.1 Å². The SMILES string of the molecule is C1CC1.FC1(F)CCCCC1.NCc1nc2cc(CNC(=O)CCC(F)(F)F)cnn2c1F. The molecule has 0 unspecified atom stereocenters. The molecule has 0 spiro atoms. The molecule has 0 bridgehead atoms. The summed E-state index contributed by atoms with van der Waals surface area (Å²) in [5.41, 5.74) is 6.08. The summed E-state index contributed by atoms with van der Waals surface area (Å²) in [6, 6.07) is 1.47. The molecule has 0 saturated heterocycles. The highest BCUT2D eigenvalue weighted by molar-refractivity contribution is 5.75. The van der Waals surface area contributed by atoms with Crippen LogP contribution >= 0.6 is 0 Å². The summed E-state index contributed by atoms with van der Waals surface area (Å²) in [6.45, 7) is -0.106. The van der Waals surface area contributed by atoms with Crippen LogP contribution < -0.4 is 11.1 Å². The first-order valence-corrected chi connectivity index (χ1v) is 10.9. The van der Waals surface area contributed by atoms with Gasteiger partial charge in [0, 0.05) is 32.4 Å². The summed E-state index contributed by atoms with van der Waals surface area (Å²) in [5.74, 6) is -3.72. The first-order chi connectivity index (χ1) is 15.5. The summed E-state index contributed by atoms with van der Waals surface area (Å²) in [6.07, 6.45) is 2.26. The summed E-state index contributed by atoms with van der Waals surface area (Å²) >= 11 is 0. The number of nitrogens with two attached hydrogens (primary N) is 1. The molecular formula is C21H29F6N5O. The van der Waals surface area contributed by atoms with Crippen molar-refractivity contribution in [3.8, 4) is 0 Å². The number of halogens is 6. The number of carbonyl (C=O) groups excluding carboxylic acids is 1. The van der Waals surface area contributed by atoms with E-state index in [0.29, 0.717) is 18.4 Å². The van der Waals surface area contributed by atoms with Crippen LogP contribution in [0, 0.1) is 5.95 Å². The van der Waals surface area contributed by atoms with Crippen molar-refractivity contribution in [1.29, 1.82) is 0 Å². The first-order valence-electron chi connectivity index (χ1n) is 10.9. The first kappa shape index (κ1) is 26.9. The van der Waals surface area contributed by atoms with Gasteiger partial charge in [0.1, 0.15) is 5.69 Å². The molecule has 2 aliphatic rings. The van der Waals surface area contributed by atoms with E-state index >= 15 is 0 Å². The van der Waals surface area contributed by atoms with Gasteiger partial charge in [-0.1, -0.05) is 25.7 Å². The number of carbonyl (C=O) groups is 1. The highest BCUT2D eigenvalue weighted by Crippen LogP contribution is 2.32. The Labute approximate surface area is 187 Å². The summed E-state index contributed by atoms with van der Waals surface area (Å²) in [5, 5.41) is 6.14. The number of imidazole rings is 1. The van der Waals surface area contributed by atoms with Gasteiger partial charge in [-0.2, -0.15) is 27.2 Å². The van der Waals surface area contributed by atoms with Gasteiger partial charge < -0.3 is 11.1 Å². The molecule has 2 aromatic rings. The van der Waals surface area contributed by atoms with Crippen molar-refractivity contribution < 1.29 is 31.1 Å². The Hall–Kier alpha value is -2.37. The van der Waals surface area contributed by atoms with Crippen LogP contribution in [0.3, 0.4) is 0 Å². The standard InChI is InChI=1S/C12H13F4N5O.C6H10F2.C3H6/c13-11-8(4-17)20-9-3-7(6-19-21(9)11)5-18-10(22)1-2-12(14,15)16;7-6(8)4-2-1-3-5-6;1-2-3-1/h3,6H,1-2,4-5,17H2,(H,18,22);1-5H2;1-3H2. The fourth-order valence-electron chi connectivity index (χ4n) is 2.83. The molecule has 2 saturated carbocycles. The lowest BCUT2D eigenvalue weighted by molar-refractivity contribution is -0.144. The average Bonchev–Trinajstić information content (AvgIpc) is 3.60. The zero-order valence-electron chi connectivity index (χ0n) is 18.2. The van der Waals surface area contributed by atoms with Crippen molar-refractivity contribution in [2.24, 2.45) is 5.73 Å². The van der Waals surface area contributed by atoms with Gasteiger partial charge in [-0.25, -0.2) is 13.8 Å². The molecule has 0 atom stereocenters. The molecule has 33 heavy (non-hydrogen) atoms. The van der Waals surface area contributed by atoms with Gasteiger partial charge in [-0.15, -0.1) is 0 Å². The molecule has 0 radical (unpaired) electrons. The van der Waals surface area contributed by atoms with Crippen LogP contribution in [-0.2, 0) is 17.9 Å². The van der Waals surface area contributed by atoms with Crippen molar-refractivity contribution in [1.82, 2.24) is 19.9 Å². The van der Waals surface area contributed by atoms with Gasteiger partial charge in [-0.3, -0.25) is 4.79 Å². The normalized spacial score (nSPS) is 16.8. The number of amides is 1. The number of nitrogens with one attached hydrogen (secondary N) is 1. The number of fused-ring (bicyclic) bond motifs is 1. The maximum Gasteiger partial charge on any atom is 0.389 e. The molecule has 1 amide bonds.